The third kappa shape index (κ3) is 4.68. The molecule has 3 N–H and O–H groups in total. The van der Waals surface area contributed by atoms with E-state index >= 15 is 0 Å². The smallest absolute Gasteiger partial charge is 0.250 e. The summed E-state index contributed by atoms with van der Waals surface area (Å²) in [5.74, 6) is 0.139. The molecule has 0 saturated carbocycles. The van der Waals surface area contributed by atoms with E-state index < -0.39 is 0 Å². The highest BCUT2D eigenvalue weighted by atomic mass is 16.2. The number of carbonyl (C=O) groups is 1. The standard InChI is InChI=1S/C15H24N4O2/c16-6-7-17-15(21)13-4-3-8-18(12-13)10-11-19-9-2-1-5-14(19)20/h1-2,5,9,13H,3-4,6-8,10-12,16H2,(H,17,21). The molecule has 1 aromatic heterocycles. The molecule has 1 unspecified atom stereocenters. The number of hydrogen-bond acceptors (Lipinski definition) is 4. The normalized spacial score (nSPS) is 19.4. The Morgan fingerprint density at radius 3 is 3.00 bits per heavy atom. The van der Waals surface area contributed by atoms with Crippen molar-refractivity contribution in [2.24, 2.45) is 11.7 Å². The first-order valence-electron chi connectivity index (χ1n) is 7.56. The van der Waals surface area contributed by atoms with Crippen LogP contribution in [0.2, 0.25) is 0 Å². The first kappa shape index (κ1) is 15.7. The highest BCUT2D eigenvalue weighted by molar-refractivity contribution is 5.78. The molecule has 1 atom stereocenters. The molecule has 116 valence electrons. The van der Waals surface area contributed by atoms with Crippen molar-refractivity contribution in [1.29, 1.82) is 0 Å². The van der Waals surface area contributed by atoms with E-state index in [1.165, 1.54) is 0 Å². The molecule has 6 nitrogen and oxygen atoms in total. The van der Waals surface area contributed by atoms with Gasteiger partial charge in [0, 0.05) is 45.0 Å². The van der Waals surface area contributed by atoms with Crippen LogP contribution in [0.3, 0.4) is 0 Å². The van der Waals surface area contributed by atoms with Crippen molar-refractivity contribution >= 4 is 5.91 Å². The van der Waals surface area contributed by atoms with Crippen LogP contribution < -0.4 is 16.6 Å². The predicted molar refractivity (Wildman–Crippen MR) is 81.9 cm³/mol. The van der Waals surface area contributed by atoms with Gasteiger partial charge >= 0.3 is 0 Å². The quantitative estimate of drug-likeness (QED) is 0.750. The van der Waals surface area contributed by atoms with Gasteiger partial charge in [-0.05, 0) is 25.5 Å². The van der Waals surface area contributed by atoms with Gasteiger partial charge in [-0.1, -0.05) is 6.07 Å². The summed E-state index contributed by atoms with van der Waals surface area (Å²) in [7, 11) is 0. The number of rotatable bonds is 6. The van der Waals surface area contributed by atoms with Gasteiger partial charge in [0.1, 0.15) is 0 Å². The van der Waals surface area contributed by atoms with Crippen LogP contribution >= 0.6 is 0 Å². The minimum atomic E-state index is 0.0201. The third-order valence-corrected chi connectivity index (χ3v) is 3.88. The Morgan fingerprint density at radius 2 is 2.24 bits per heavy atom. The lowest BCUT2D eigenvalue weighted by atomic mass is 9.97. The van der Waals surface area contributed by atoms with Crippen molar-refractivity contribution in [2.45, 2.75) is 19.4 Å². The maximum absolute atomic E-state index is 12.0. The number of likely N-dealkylation sites (tertiary alicyclic amines) is 1. The van der Waals surface area contributed by atoms with Gasteiger partial charge in [0.25, 0.3) is 5.56 Å². The zero-order valence-corrected chi connectivity index (χ0v) is 12.3. The minimum Gasteiger partial charge on any atom is -0.355 e. The first-order chi connectivity index (χ1) is 10.2. The van der Waals surface area contributed by atoms with Gasteiger partial charge in [-0.15, -0.1) is 0 Å². The molecule has 2 rings (SSSR count). The van der Waals surface area contributed by atoms with Crippen molar-refractivity contribution in [3.63, 3.8) is 0 Å². The van der Waals surface area contributed by atoms with Crippen LogP contribution in [0.5, 0.6) is 0 Å². The number of aromatic nitrogens is 1. The Hall–Kier alpha value is -1.66. The van der Waals surface area contributed by atoms with Gasteiger partial charge in [0.2, 0.25) is 5.91 Å². The van der Waals surface area contributed by atoms with Crippen LogP contribution in [0.15, 0.2) is 29.2 Å². The summed E-state index contributed by atoms with van der Waals surface area (Å²) in [6.07, 6.45) is 3.75. The van der Waals surface area contributed by atoms with E-state index in [-0.39, 0.29) is 17.4 Å². The van der Waals surface area contributed by atoms with E-state index in [1.54, 1.807) is 22.9 Å². The molecule has 0 spiro atoms. The number of piperidine rings is 1. The molecule has 6 heteroatoms. The molecule has 1 fully saturated rings. The van der Waals surface area contributed by atoms with Crippen LogP contribution in [0, 0.1) is 5.92 Å². The van der Waals surface area contributed by atoms with Crippen LogP contribution in [-0.2, 0) is 11.3 Å². The molecule has 1 amide bonds. The molecule has 0 bridgehead atoms. The van der Waals surface area contributed by atoms with E-state index in [9.17, 15) is 9.59 Å². The van der Waals surface area contributed by atoms with Gasteiger partial charge in [-0.2, -0.15) is 0 Å². The molecule has 0 radical (unpaired) electrons. The Bertz CT molecular complexity index is 514. The molecule has 2 heterocycles. The number of nitrogens with two attached hydrogens (primary N) is 1. The van der Waals surface area contributed by atoms with Crippen LogP contribution in [-0.4, -0.2) is 48.1 Å². The zero-order valence-electron chi connectivity index (χ0n) is 12.3. The SMILES string of the molecule is NCCNC(=O)C1CCCN(CCn2ccccc2=O)C1. The lowest BCUT2D eigenvalue weighted by molar-refractivity contribution is -0.126. The second-order valence-corrected chi connectivity index (χ2v) is 5.45. The maximum atomic E-state index is 12.0. The molecule has 1 aromatic rings. The van der Waals surface area contributed by atoms with Crippen molar-refractivity contribution < 1.29 is 4.79 Å². The highest BCUT2D eigenvalue weighted by Gasteiger charge is 2.25. The molecular weight excluding hydrogens is 268 g/mol. The number of nitrogens with zero attached hydrogens (tertiary/aromatic N) is 2. The first-order valence-corrected chi connectivity index (χ1v) is 7.56. The van der Waals surface area contributed by atoms with Crippen molar-refractivity contribution in [3.8, 4) is 0 Å². The lowest BCUT2D eigenvalue weighted by Crippen LogP contribution is -2.45. The fraction of sp³-hybridized carbons (Fsp3) is 0.600. The van der Waals surface area contributed by atoms with Gasteiger partial charge < -0.3 is 20.5 Å². The van der Waals surface area contributed by atoms with Crippen LogP contribution in [0.25, 0.3) is 0 Å². The summed E-state index contributed by atoms with van der Waals surface area (Å²) in [6.45, 7) is 4.22. The molecule has 1 saturated heterocycles. The van der Waals surface area contributed by atoms with E-state index in [4.69, 9.17) is 5.73 Å². The van der Waals surface area contributed by atoms with Gasteiger partial charge in [0.05, 0.1) is 5.92 Å². The highest BCUT2D eigenvalue weighted by Crippen LogP contribution is 2.16. The molecule has 1 aliphatic rings. The van der Waals surface area contributed by atoms with E-state index in [0.29, 0.717) is 19.6 Å². The molecule has 1 aliphatic heterocycles. The maximum Gasteiger partial charge on any atom is 0.250 e. The number of pyridine rings is 1. The summed E-state index contributed by atoms with van der Waals surface area (Å²) in [5.41, 5.74) is 5.42. The molecular formula is C15H24N4O2. The van der Waals surface area contributed by atoms with Gasteiger partial charge in [-0.25, -0.2) is 0 Å². The third-order valence-electron chi connectivity index (χ3n) is 3.88. The predicted octanol–water partition coefficient (Wildman–Crippen LogP) is -0.365. The Balaban J connectivity index is 1.83. The number of hydrogen-bond donors (Lipinski definition) is 2. The lowest BCUT2D eigenvalue weighted by Gasteiger charge is -2.32. The summed E-state index contributed by atoms with van der Waals surface area (Å²) in [5, 5.41) is 2.86. The minimum absolute atomic E-state index is 0.0201. The van der Waals surface area contributed by atoms with Crippen LogP contribution in [0.1, 0.15) is 12.8 Å². The number of amides is 1. The molecule has 0 aromatic carbocycles. The van der Waals surface area contributed by atoms with Crippen molar-refractivity contribution in [2.75, 3.05) is 32.7 Å². The Labute approximate surface area is 124 Å². The zero-order chi connectivity index (χ0) is 15.1. The molecule has 21 heavy (non-hydrogen) atoms. The fourth-order valence-electron chi connectivity index (χ4n) is 2.71. The Kier molecular flexibility index (Phi) is 5.95. The van der Waals surface area contributed by atoms with Crippen LogP contribution in [0.4, 0.5) is 0 Å². The average Bonchev–Trinajstić information content (AvgIpc) is 2.52. The number of carbonyl (C=O) groups excluding carboxylic acids is 1. The second-order valence-electron chi connectivity index (χ2n) is 5.45. The van der Waals surface area contributed by atoms with Gasteiger partial charge in [-0.3, -0.25) is 9.59 Å². The number of nitrogens with one attached hydrogen (secondary N) is 1. The topological polar surface area (TPSA) is 80.4 Å². The average molecular weight is 292 g/mol. The summed E-state index contributed by atoms with van der Waals surface area (Å²) < 4.78 is 1.71. The van der Waals surface area contributed by atoms with E-state index in [2.05, 4.69) is 10.2 Å². The van der Waals surface area contributed by atoms with Crippen molar-refractivity contribution in [3.05, 3.63) is 34.7 Å². The molecule has 0 aliphatic carbocycles. The largest absolute Gasteiger partial charge is 0.355 e. The Morgan fingerprint density at radius 1 is 1.38 bits per heavy atom. The summed E-state index contributed by atoms with van der Waals surface area (Å²) in [6, 6.07) is 5.18. The monoisotopic (exact) mass is 292 g/mol. The van der Waals surface area contributed by atoms with E-state index in [0.717, 1.165) is 32.5 Å². The van der Waals surface area contributed by atoms with Crippen molar-refractivity contribution in [1.82, 2.24) is 14.8 Å². The fourth-order valence-corrected chi connectivity index (χ4v) is 2.71. The summed E-state index contributed by atoms with van der Waals surface area (Å²) >= 11 is 0. The van der Waals surface area contributed by atoms with E-state index in [1.807, 2.05) is 6.07 Å². The van der Waals surface area contributed by atoms with Gasteiger partial charge in [0.15, 0.2) is 0 Å². The second kappa shape index (κ2) is 7.95. The summed E-state index contributed by atoms with van der Waals surface area (Å²) in [4.78, 5) is 25.9.